The average molecular weight is 256 g/mol. The molecule has 19 heavy (non-hydrogen) atoms. The van der Waals surface area contributed by atoms with Gasteiger partial charge in [-0.2, -0.15) is 0 Å². The zero-order valence-electron chi connectivity index (χ0n) is 10.5. The minimum absolute atomic E-state index is 0.151. The van der Waals surface area contributed by atoms with Gasteiger partial charge in [0.15, 0.2) is 5.78 Å². The summed E-state index contributed by atoms with van der Waals surface area (Å²) in [7, 11) is 1.52. The molecule has 96 valence electrons. The summed E-state index contributed by atoms with van der Waals surface area (Å²) in [6, 6.07) is 13.0. The number of carbonyl (C=O) groups is 1. The number of hydrogen-bond acceptors (Lipinski definition) is 2. The van der Waals surface area contributed by atoms with E-state index in [1.165, 1.54) is 25.3 Å². The monoisotopic (exact) mass is 256 g/mol. The van der Waals surface area contributed by atoms with E-state index in [0.717, 1.165) is 5.56 Å². The molecular formula is C16H13FO2. The van der Waals surface area contributed by atoms with Crippen molar-refractivity contribution in [1.82, 2.24) is 0 Å². The Morgan fingerprint density at radius 3 is 2.47 bits per heavy atom. The molecule has 2 nitrogen and oxygen atoms in total. The lowest BCUT2D eigenvalue weighted by atomic mass is 10.1. The van der Waals surface area contributed by atoms with E-state index in [-0.39, 0.29) is 11.6 Å². The van der Waals surface area contributed by atoms with Gasteiger partial charge in [0.2, 0.25) is 0 Å². The lowest BCUT2D eigenvalue weighted by molar-refractivity contribution is 0.104. The Hall–Kier alpha value is -2.42. The van der Waals surface area contributed by atoms with E-state index in [1.54, 1.807) is 42.5 Å². The fourth-order valence-electron chi connectivity index (χ4n) is 1.68. The van der Waals surface area contributed by atoms with Crippen molar-refractivity contribution in [3.05, 3.63) is 71.6 Å². The summed E-state index contributed by atoms with van der Waals surface area (Å²) < 4.78 is 17.9. The maximum atomic E-state index is 12.7. The van der Waals surface area contributed by atoms with Crippen LogP contribution in [0.4, 0.5) is 4.39 Å². The average Bonchev–Trinajstić information content (AvgIpc) is 2.46. The molecule has 0 bridgehead atoms. The smallest absolute Gasteiger partial charge is 0.189 e. The van der Waals surface area contributed by atoms with Gasteiger partial charge in [-0.15, -0.1) is 0 Å². The van der Waals surface area contributed by atoms with Crippen LogP contribution in [0.5, 0.6) is 5.75 Å². The highest BCUT2D eigenvalue weighted by molar-refractivity contribution is 6.08. The molecule has 2 rings (SSSR count). The number of rotatable bonds is 4. The molecule has 0 fully saturated rings. The van der Waals surface area contributed by atoms with Crippen LogP contribution < -0.4 is 4.74 Å². The second kappa shape index (κ2) is 5.96. The van der Waals surface area contributed by atoms with Gasteiger partial charge in [-0.1, -0.05) is 30.3 Å². The van der Waals surface area contributed by atoms with Crippen molar-refractivity contribution < 1.29 is 13.9 Å². The molecule has 0 amide bonds. The second-order valence-electron chi connectivity index (χ2n) is 3.95. The molecule has 0 atom stereocenters. The number of hydrogen-bond donors (Lipinski definition) is 0. The summed E-state index contributed by atoms with van der Waals surface area (Å²) >= 11 is 0. The Balaban J connectivity index is 2.19. The highest BCUT2D eigenvalue weighted by Gasteiger charge is 2.07. The number of allylic oxidation sites excluding steroid dienone is 1. The number of ether oxygens (including phenoxy) is 1. The molecule has 2 aromatic carbocycles. The van der Waals surface area contributed by atoms with E-state index in [2.05, 4.69) is 0 Å². The number of carbonyl (C=O) groups excluding carboxylic acids is 1. The van der Waals surface area contributed by atoms with Crippen molar-refractivity contribution in [3.8, 4) is 5.75 Å². The third-order valence-electron chi connectivity index (χ3n) is 2.67. The van der Waals surface area contributed by atoms with E-state index < -0.39 is 0 Å². The Kier molecular flexibility index (Phi) is 4.08. The van der Waals surface area contributed by atoms with E-state index in [1.807, 2.05) is 0 Å². The first-order valence-electron chi connectivity index (χ1n) is 5.81. The topological polar surface area (TPSA) is 26.3 Å². The van der Waals surface area contributed by atoms with E-state index in [0.29, 0.717) is 11.3 Å². The highest BCUT2D eigenvalue weighted by Crippen LogP contribution is 2.18. The summed E-state index contributed by atoms with van der Waals surface area (Å²) in [5, 5.41) is 0. The molecule has 0 N–H and O–H groups in total. The Labute approximate surface area is 111 Å². The van der Waals surface area contributed by atoms with Crippen molar-refractivity contribution >= 4 is 11.9 Å². The van der Waals surface area contributed by atoms with Crippen LogP contribution >= 0.6 is 0 Å². The molecule has 0 unspecified atom stereocenters. The van der Waals surface area contributed by atoms with Crippen molar-refractivity contribution in [2.75, 3.05) is 7.11 Å². The van der Waals surface area contributed by atoms with Gasteiger partial charge < -0.3 is 4.74 Å². The molecule has 0 aliphatic heterocycles. The van der Waals surface area contributed by atoms with Gasteiger partial charge >= 0.3 is 0 Å². The lowest BCUT2D eigenvalue weighted by Crippen LogP contribution is -1.98. The third kappa shape index (κ3) is 3.28. The normalized spacial score (nSPS) is 10.6. The van der Waals surface area contributed by atoms with E-state index in [4.69, 9.17) is 4.74 Å². The standard InChI is InChI=1S/C16H13FO2/c1-19-16-5-3-2-4-14(16)15(18)11-8-12-6-9-13(17)10-7-12/h2-11H,1H3/b11-8+. The molecule has 3 heteroatoms. The first-order valence-corrected chi connectivity index (χ1v) is 5.81. The molecule has 0 saturated carbocycles. The summed E-state index contributed by atoms with van der Waals surface area (Å²) in [4.78, 5) is 12.0. The first-order chi connectivity index (χ1) is 9.20. The molecule has 0 saturated heterocycles. The second-order valence-corrected chi connectivity index (χ2v) is 3.95. The number of methoxy groups -OCH3 is 1. The molecule has 0 aromatic heterocycles. The maximum Gasteiger partial charge on any atom is 0.189 e. The number of halogens is 1. The number of ketones is 1. The summed E-state index contributed by atoms with van der Waals surface area (Å²) in [5.41, 5.74) is 1.27. The predicted octanol–water partition coefficient (Wildman–Crippen LogP) is 3.73. The molecule has 0 aliphatic rings. The van der Waals surface area contributed by atoms with Gasteiger partial charge in [0.25, 0.3) is 0 Å². The summed E-state index contributed by atoms with van der Waals surface area (Å²) in [6.07, 6.45) is 3.10. The summed E-state index contributed by atoms with van der Waals surface area (Å²) in [5.74, 6) is 0.0891. The minimum Gasteiger partial charge on any atom is -0.496 e. The zero-order valence-corrected chi connectivity index (χ0v) is 10.5. The number of benzene rings is 2. The zero-order chi connectivity index (χ0) is 13.7. The predicted molar refractivity (Wildman–Crippen MR) is 72.8 cm³/mol. The van der Waals surface area contributed by atoms with Gasteiger partial charge in [0.05, 0.1) is 12.7 Å². The Morgan fingerprint density at radius 1 is 1.11 bits per heavy atom. The maximum absolute atomic E-state index is 12.7. The molecule has 0 radical (unpaired) electrons. The van der Waals surface area contributed by atoms with E-state index in [9.17, 15) is 9.18 Å². The van der Waals surface area contributed by atoms with Crippen LogP contribution in [0.2, 0.25) is 0 Å². The van der Waals surface area contributed by atoms with Crippen LogP contribution in [-0.4, -0.2) is 12.9 Å². The van der Waals surface area contributed by atoms with E-state index >= 15 is 0 Å². The highest BCUT2D eigenvalue weighted by atomic mass is 19.1. The SMILES string of the molecule is COc1ccccc1C(=O)/C=C/c1ccc(F)cc1. The van der Waals surface area contributed by atoms with Crippen molar-refractivity contribution in [2.24, 2.45) is 0 Å². The van der Waals surface area contributed by atoms with Crippen LogP contribution in [0.25, 0.3) is 6.08 Å². The summed E-state index contributed by atoms with van der Waals surface area (Å²) in [6.45, 7) is 0. The molecule has 2 aromatic rings. The number of para-hydroxylation sites is 1. The Morgan fingerprint density at radius 2 is 1.79 bits per heavy atom. The minimum atomic E-state index is -0.298. The lowest BCUT2D eigenvalue weighted by Gasteiger charge is -2.04. The quantitative estimate of drug-likeness (QED) is 0.615. The largest absolute Gasteiger partial charge is 0.496 e. The first kappa shape index (κ1) is 13.0. The van der Waals surface area contributed by atoms with Gasteiger partial charge in [0.1, 0.15) is 11.6 Å². The molecule has 0 aliphatic carbocycles. The third-order valence-corrected chi connectivity index (χ3v) is 2.67. The fourth-order valence-corrected chi connectivity index (χ4v) is 1.68. The van der Waals surface area contributed by atoms with Crippen molar-refractivity contribution in [2.45, 2.75) is 0 Å². The van der Waals surface area contributed by atoms with Gasteiger partial charge in [-0.25, -0.2) is 4.39 Å². The molecule has 0 spiro atoms. The van der Waals surface area contributed by atoms with Gasteiger partial charge in [-0.05, 0) is 35.9 Å². The Bertz CT molecular complexity index is 600. The van der Waals surface area contributed by atoms with Crippen LogP contribution in [0, 0.1) is 5.82 Å². The molecular weight excluding hydrogens is 243 g/mol. The molecule has 0 heterocycles. The fraction of sp³-hybridized carbons (Fsp3) is 0.0625. The van der Waals surface area contributed by atoms with Crippen molar-refractivity contribution in [1.29, 1.82) is 0 Å². The van der Waals surface area contributed by atoms with Gasteiger partial charge in [0, 0.05) is 0 Å². The van der Waals surface area contributed by atoms with Crippen LogP contribution in [0.3, 0.4) is 0 Å². The van der Waals surface area contributed by atoms with Crippen molar-refractivity contribution in [3.63, 3.8) is 0 Å². The van der Waals surface area contributed by atoms with Crippen LogP contribution in [0.15, 0.2) is 54.6 Å². The van der Waals surface area contributed by atoms with Crippen LogP contribution in [-0.2, 0) is 0 Å². The van der Waals surface area contributed by atoms with Crippen LogP contribution in [0.1, 0.15) is 15.9 Å². The van der Waals surface area contributed by atoms with Gasteiger partial charge in [-0.3, -0.25) is 4.79 Å².